The largest absolute Gasteiger partial charge is 0.477 e. The molecule has 2 N–H and O–H groups in total. The molecule has 1 aromatic carbocycles. The van der Waals surface area contributed by atoms with Crippen molar-refractivity contribution in [3.8, 4) is 0 Å². The van der Waals surface area contributed by atoms with E-state index in [2.05, 4.69) is 41.2 Å². The van der Waals surface area contributed by atoms with Gasteiger partial charge in [-0.3, -0.25) is 0 Å². The molecule has 5 heteroatoms. The molecule has 0 bridgehead atoms. The lowest BCUT2D eigenvalue weighted by Gasteiger charge is -2.28. The highest BCUT2D eigenvalue weighted by atomic mass is 28.1. The highest BCUT2D eigenvalue weighted by Gasteiger charge is 2.32. The van der Waals surface area contributed by atoms with E-state index in [0.29, 0.717) is 11.5 Å². The normalized spacial score (nSPS) is 25.0. The van der Waals surface area contributed by atoms with E-state index in [0.717, 1.165) is 30.4 Å². The lowest BCUT2D eigenvalue weighted by Crippen LogP contribution is -2.25. The first kappa shape index (κ1) is 15.3. The fourth-order valence-electron chi connectivity index (χ4n) is 3.24. The molecule has 3 radical (unpaired) electrons. The van der Waals surface area contributed by atoms with Crippen LogP contribution in [0.3, 0.4) is 0 Å². The molecule has 1 aliphatic rings. The Labute approximate surface area is 133 Å². The van der Waals surface area contributed by atoms with Crippen LogP contribution >= 0.6 is 0 Å². The number of hydrogen-bond donors (Lipinski definition) is 2. The molecule has 1 aliphatic heterocycles. The zero-order valence-corrected chi connectivity index (χ0v) is 13.8. The summed E-state index contributed by atoms with van der Waals surface area (Å²) in [4.78, 5) is 14.0. The average molecular weight is 314 g/mol. The first-order valence-electron chi connectivity index (χ1n) is 7.57. The summed E-state index contributed by atoms with van der Waals surface area (Å²) in [5.74, 6) is -0.582. The van der Waals surface area contributed by atoms with Crippen LogP contribution in [0.2, 0.25) is 5.54 Å². The van der Waals surface area contributed by atoms with Crippen molar-refractivity contribution in [2.75, 3.05) is 6.61 Å². The van der Waals surface area contributed by atoms with Gasteiger partial charge >= 0.3 is 5.97 Å². The fourth-order valence-corrected chi connectivity index (χ4v) is 3.67. The second-order valence-corrected chi connectivity index (χ2v) is 7.39. The molecule has 2 heterocycles. The minimum atomic E-state index is -0.931. The van der Waals surface area contributed by atoms with Crippen molar-refractivity contribution in [2.45, 2.75) is 43.7 Å². The average Bonchev–Trinajstić information content (AvgIpc) is 2.81. The van der Waals surface area contributed by atoms with E-state index in [1.807, 2.05) is 6.07 Å². The third-order valence-electron chi connectivity index (χ3n) is 4.42. The Hall–Kier alpha value is -1.59. The van der Waals surface area contributed by atoms with E-state index >= 15 is 0 Å². The topological polar surface area (TPSA) is 62.3 Å². The Morgan fingerprint density at radius 3 is 2.91 bits per heavy atom. The molecule has 0 aliphatic carbocycles. The summed E-state index contributed by atoms with van der Waals surface area (Å²) in [6.45, 7) is 5.01. The van der Waals surface area contributed by atoms with E-state index in [-0.39, 0.29) is 11.3 Å². The van der Waals surface area contributed by atoms with E-state index in [1.165, 1.54) is 5.56 Å². The van der Waals surface area contributed by atoms with Crippen molar-refractivity contribution >= 4 is 27.1 Å². The number of carboxylic acids is 1. The number of ether oxygens (including phenoxy) is 1. The van der Waals surface area contributed by atoms with Gasteiger partial charge in [-0.2, -0.15) is 0 Å². The Bertz CT molecular complexity index is 707. The number of aromatic amines is 1. The minimum Gasteiger partial charge on any atom is -0.477 e. The van der Waals surface area contributed by atoms with Crippen LogP contribution in [0, 0.1) is 0 Å². The van der Waals surface area contributed by atoms with Gasteiger partial charge in [-0.1, -0.05) is 6.07 Å². The van der Waals surface area contributed by atoms with Gasteiger partial charge in [0.15, 0.2) is 0 Å². The quantitative estimate of drug-likeness (QED) is 0.834. The zero-order chi connectivity index (χ0) is 15.9. The van der Waals surface area contributed by atoms with E-state index in [1.54, 1.807) is 6.07 Å². The summed E-state index contributed by atoms with van der Waals surface area (Å²) in [6.07, 6.45) is 1.90. The maximum atomic E-state index is 11.1. The predicted molar refractivity (Wildman–Crippen MR) is 86.8 cm³/mol. The van der Waals surface area contributed by atoms with Crippen LogP contribution in [0.4, 0.5) is 0 Å². The molecule has 1 unspecified atom stereocenters. The smallest absolute Gasteiger partial charge is 0.352 e. The molecule has 0 spiro atoms. The van der Waals surface area contributed by atoms with Crippen molar-refractivity contribution in [1.82, 2.24) is 4.98 Å². The second kappa shape index (κ2) is 5.55. The number of carboxylic acid groups (broad SMARTS) is 1. The van der Waals surface area contributed by atoms with Crippen LogP contribution in [-0.2, 0) is 4.74 Å². The van der Waals surface area contributed by atoms with Gasteiger partial charge in [0.1, 0.15) is 5.69 Å². The molecule has 1 aromatic heterocycles. The molecule has 1 saturated heterocycles. The second-order valence-electron chi connectivity index (χ2n) is 6.65. The SMILES string of the molecule is CC1(C)C[C@@H](c2ccc3[nH]c(C(=O)O)cc3c2)C([Si])CCO1. The van der Waals surface area contributed by atoms with Crippen LogP contribution in [-0.4, -0.2) is 38.5 Å². The molecule has 0 amide bonds. The van der Waals surface area contributed by atoms with Crippen molar-refractivity contribution in [3.63, 3.8) is 0 Å². The number of carbonyl (C=O) groups is 1. The summed E-state index contributed by atoms with van der Waals surface area (Å²) < 4.78 is 5.92. The van der Waals surface area contributed by atoms with Gasteiger partial charge in [0.05, 0.1) is 5.60 Å². The van der Waals surface area contributed by atoms with E-state index in [9.17, 15) is 4.79 Å². The van der Waals surface area contributed by atoms with Crippen LogP contribution in [0.25, 0.3) is 10.9 Å². The predicted octanol–water partition coefficient (Wildman–Crippen LogP) is 3.50. The molecular weight excluding hydrogens is 294 g/mol. The maximum Gasteiger partial charge on any atom is 0.352 e. The molecule has 22 heavy (non-hydrogen) atoms. The van der Waals surface area contributed by atoms with Crippen molar-refractivity contribution < 1.29 is 14.6 Å². The third-order valence-corrected chi connectivity index (χ3v) is 5.11. The van der Waals surface area contributed by atoms with Gasteiger partial charge in [0.25, 0.3) is 0 Å². The summed E-state index contributed by atoms with van der Waals surface area (Å²) >= 11 is 0. The van der Waals surface area contributed by atoms with Gasteiger partial charge in [-0.25, -0.2) is 4.79 Å². The fraction of sp³-hybridized carbons (Fsp3) is 0.471. The van der Waals surface area contributed by atoms with Gasteiger partial charge in [-0.15, -0.1) is 0 Å². The Morgan fingerprint density at radius 1 is 1.41 bits per heavy atom. The summed E-state index contributed by atoms with van der Waals surface area (Å²) in [5.41, 5.74) is 2.52. The van der Waals surface area contributed by atoms with Crippen LogP contribution in [0.5, 0.6) is 0 Å². The van der Waals surface area contributed by atoms with Crippen LogP contribution < -0.4 is 0 Å². The van der Waals surface area contributed by atoms with Crippen LogP contribution in [0.1, 0.15) is 48.7 Å². The summed E-state index contributed by atoms with van der Waals surface area (Å²) in [6, 6.07) is 7.85. The van der Waals surface area contributed by atoms with E-state index in [4.69, 9.17) is 9.84 Å². The Balaban J connectivity index is 1.98. The molecule has 115 valence electrons. The number of benzene rings is 1. The monoisotopic (exact) mass is 314 g/mol. The number of H-pyrrole nitrogens is 1. The Kier molecular flexibility index (Phi) is 3.86. The molecule has 3 rings (SSSR count). The number of rotatable bonds is 2. The highest BCUT2D eigenvalue weighted by molar-refractivity contribution is 6.12. The first-order chi connectivity index (χ1) is 10.4. The number of aromatic carboxylic acids is 1. The maximum absolute atomic E-state index is 11.1. The lowest BCUT2D eigenvalue weighted by molar-refractivity contribution is -0.0149. The third kappa shape index (κ3) is 2.96. The standard InChI is InChI=1S/C17H20NO3Si/c1-17(2)9-12(15(22)5-6-21-17)10-3-4-13-11(7-10)8-14(18-13)16(19)20/h3-4,7-8,12,15,18H,5-6,9H2,1-2H3,(H,19,20)/t12-,15?/m0/s1. The van der Waals surface area contributed by atoms with Crippen molar-refractivity contribution in [1.29, 1.82) is 0 Å². The van der Waals surface area contributed by atoms with Crippen molar-refractivity contribution in [2.24, 2.45) is 0 Å². The number of aromatic nitrogens is 1. The summed E-state index contributed by atoms with van der Waals surface area (Å²) in [7, 11) is 3.86. The van der Waals surface area contributed by atoms with Crippen molar-refractivity contribution in [3.05, 3.63) is 35.5 Å². The van der Waals surface area contributed by atoms with Crippen LogP contribution in [0.15, 0.2) is 24.3 Å². The summed E-state index contributed by atoms with van der Waals surface area (Å²) in [5, 5.41) is 10.0. The van der Waals surface area contributed by atoms with Gasteiger partial charge in [0.2, 0.25) is 0 Å². The molecule has 2 atom stereocenters. The first-order valence-corrected chi connectivity index (χ1v) is 8.14. The van der Waals surface area contributed by atoms with Gasteiger partial charge < -0.3 is 14.8 Å². The zero-order valence-electron chi connectivity index (χ0n) is 12.8. The lowest BCUT2D eigenvalue weighted by atomic mass is 9.85. The molecular formula is C17H20NO3Si. The highest BCUT2D eigenvalue weighted by Crippen LogP contribution is 2.41. The molecule has 2 aromatic rings. The minimum absolute atomic E-state index is 0.147. The van der Waals surface area contributed by atoms with Gasteiger partial charge in [0, 0.05) is 27.8 Å². The number of nitrogens with one attached hydrogen (secondary N) is 1. The number of fused-ring (bicyclic) bond motifs is 1. The Morgan fingerprint density at radius 2 is 2.18 bits per heavy atom. The number of hydrogen-bond acceptors (Lipinski definition) is 2. The van der Waals surface area contributed by atoms with Gasteiger partial charge in [-0.05, 0) is 61.9 Å². The molecule has 1 fully saturated rings. The molecule has 4 nitrogen and oxygen atoms in total. The molecule has 0 saturated carbocycles. The van der Waals surface area contributed by atoms with E-state index < -0.39 is 5.97 Å².